The van der Waals surface area contributed by atoms with Crippen LogP contribution < -0.4 is 10.2 Å². The van der Waals surface area contributed by atoms with Crippen LogP contribution in [0.5, 0.6) is 0 Å². The third-order valence-electron chi connectivity index (χ3n) is 5.86. The number of nitrogens with zero attached hydrogens (tertiary/aromatic N) is 1. The van der Waals surface area contributed by atoms with Crippen molar-refractivity contribution in [3.63, 3.8) is 0 Å². The van der Waals surface area contributed by atoms with Gasteiger partial charge in [0.2, 0.25) is 5.91 Å². The highest BCUT2D eigenvalue weighted by molar-refractivity contribution is 6.00. The summed E-state index contributed by atoms with van der Waals surface area (Å²) in [7, 11) is 1.31. The number of anilines is 1. The van der Waals surface area contributed by atoms with Gasteiger partial charge in [-0.1, -0.05) is 60.7 Å². The number of para-hydroxylation sites is 1. The zero-order valence-corrected chi connectivity index (χ0v) is 18.4. The predicted octanol–water partition coefficient (Wildman–Crippen LogP) is 4.17. The van der Waals surface area contributed by atoms with Gasteiger partial charge >= 0.3 is 12.1 Å². The number of fused-ring (bicyclic) bond motifs is 3. The van der Waals surface area contributed by atoms with Crippen molar-refractivity contribution in [1.29, 1.82) is 0 Å². The van der Waals surface area contributed by atoms with Crippen LogP contribution in [0.1, 0.15) is 23.5 Å². The van der Waals surface area contributed by atoms with E-state index in [-0.39, 0.29) is 18.2 Å². The number of aliphatic carboxylic acids is 1. The number of hydrogen-bond acceptors (Lipinski definition) is 4. The van der Waals surface area contributed by atoms with Crippen LogP contribution in [0.25, 0.3) is 11.1 Å². The van der Waals surface area contributed by atoms with Gasteiger partial charge in [-0.3, -0.25) is 9.59 Å². The van der Waals surface area contributed by atoms with Crippen LogP contribution in [0.3, 0.4) is 0 Å². The Morgan fingerprint density at radius 2 is 1.53 bits per heavy atom. The Kier molecular flexibility index (Phi) is 6.58. The van der Waals surface area contributed by atoms with Crippen LogP contribution in [0.4, 0.5) is 14.9 Å². The first-order chi connectivity index (χ1) is 16.4. The first kappa shape index (κ1) is 23.0. The van der Waals surface area contributed by atoms with Crippen molar-refractivity contribution in [2.45, 2.75) is 18.4 Å². The quantitative estimate of drug-likeness (QED) is 0.550. The monoisotopic (exact) mass is 462 g/mol. The van der Waals surface area contributed by atoms with Crippen molar-refractivity contribution >= 4 is 23.7 Å². The van der Waals surface area contributed by atoms with Crippen LogP contribution in [-0.2, 0) is 14.3 Å². The highest BCUT2D eigenvalue weighted by Crippen LogP contribution is 2.44. The smallest absolute Gasteiger partial charge is 0.407 e. The summed E-state index contributed by atoms with van der Waals surface area (Å²) in [5, 5.41) is 11.6. The lowest BCUT2D eigenvalue weighted by Crippen LogP contribution is -2.49. The maximum atomic E-state index is 14.1. The fraction of sp³-hybridized carbons (Fsp3) is 0.192. The van der Waals surface area contributed by atoms with Gasteiger partial charge in [-0.15, -0.1) is 0 Å². The van der Waals surface area contributed by atoms with Crippen molar-refractivity contribution < 1.29 is 28.6 Å². The Hall–Kier alpha value is -4.20. The van der Waals surface area contributed by atoms with Gasteiger partial charge in [0.1, 0.15) is 18.5 Å². The van der Waals surface area contributed by atoms with E-state index in [9.17, 15) is 23.9 Å². The van der Waals surface area contributed by atoms with E-state index in [1.165, 1.54) is 25.2 Å². The molecule has 2 amide bonds. The zero-order chi connectivity index (χ0) is 24.2. The molecule has 0 aromatic heterocycles. The lowest BCUT2D eigenvalue weighted by Gasteiger charge is -2.24. The first-order valence-corrected chi connectivity index (χ1v) is 10.7. The summed E-state index contributed by atoms with van der Waals surface area (Å²) >= 11 is 0. The number of benzene rings is 3. The number of ether oxygens (including phenoxy) is 1. The van der Waals surface area contributed by atoms with Crippen molar-refractivity contribution in [3.8, 4) is 11.1 Å². The number of likely N-dealkylation sites (N-methyl/N-ethyl adjacent to an activating group) is 1. The summed E-state index contributed by atoms with van der Waals surface area (Å²) in [5.41, 5.74) is 4.15. The Bertz CT molecular complexity index is 1200. The highest BCUT2D eigenvalue weighted by atomic mass is 19.1. The number of carboxylic acid groups (broad SMARTS) is 1. The molecule has 1 unspecified atom stereocenters. The largest absolute Gasteiger partial charge is 0.481 e. The molecular formula is C26H23FN2O5. The lowest BCUT2D eigenvalue weighted by molar-refractivity contribution is -0.139. The molecule has 1 aliphatic carbocycles. The highest BCUT2D eigenvalue weighted by Gasteiger charge is 2.31. The molecule has 1 atom stereocenters. The molecule has 0 heterocycles. The summed E-state index contributed by atoms with van der Waals surface area (Å²) in [4.78, 5) is 37.8. The molecule has 2 N–H and O–H groups in total. The second kappa shape index (κ2) is 9.74. The zero-order valence-electron chi connectivity index (χ0n) is 18.4. The average Bonchev–Trinajstić information content (AvgIpc) is 3.15. The van der Waals surface area contributed by atoms with Crippen LogP contribution in [0, 0.1) is 5.82 Å². The van der Waals surface area contributed by atoms with Crippen LogP contribution >= 0.6 is 0 Å². The normalized spacial score (nSPS) is 12.9. The summed E-state index contributed by atoms with van der Waals surface area (Å²) in [6.07, 6.45) is -1.61. The summed E-state index contributed by atoms with van der Waals surface area (Å²) < 4.78 is 19.5. The first-order valence-electron chi connectivity index (χ1n) is 10.7. The molecule has 3 aromatic carbocycles. The van der Waals surface area contributed by atoms with Crippen molar-refractivity contribution in [3.05, 3.63) is 89.7 Å². The van der Waals surface area contributed by atoms with Gasteiger partial charge in [-0.05, 0) is 34.4 Å². The number of alkyl carbamates (subject to hydrolysis) is 1. The van der Waals surface area contributed by atoms with Crippen LogP contribution in [-0.4, -0.2) is 42.8 Å². The number of nitrogens with one attached hydrogen (secondary N) is 1. The number of carbonyl (C=O) groups is 3. The molecule has 174 valence electrons. The van der Waals surface area contributed by atoms with Gasteiger partial charge in [-0.25, -0.2) is 9.18 Å². The van der Waals surface area contributed by atoms with E-state index < -0.39 is 36.2 Å². The maximum absolute atomic E-state index is 14.1. The molecule has 0 fully saturated rings. The van der Waals surface area contributed by atoms with Crippen molar-refractivity contribution in [1.82, 2.24) is 5.32 Å². The van der Waals surface area contributed by atoms with E-state index in [2.05, 4.69) is 5.32 Å². The maximum Gasteiger partial charge on any atom is 0.407 e. The van der Waals surface area contributed by atoms with Gasteiger partial charge in [0.05, 0.1) is 12.1 Å². The predicted molar refractivity (Wildman–Crippen MR) is 124 cm³/mol. The van der Waals surface area contributed by atoms with E-state index in [0.29, 0.717) is 0 Å². The van der Waals surface area contributed by atoms with Gasteiger partial charge in [0, 0.05) is 13.0 Å². The summed E-state index contributed by atoms with van der Waals surface area (Å²) in [6, 6.07) is 19.8. The minimum Gasteiger partial charge on any atom is -0.481 e. The number of carbonyl (C=O) groups excluding carboxylic acids is 2. The number of amides is 2. The van der Waals surface area contributed by atoms with Gasteiger partial charge in [0.15, 0.2) is 0 Å². The molecule has 3 aromatic rings. The van der Waals surface area contributed by atoms with Crippen molar-refractivity contribution in [2.24, 2.45) is 0 Å². The summed E-state index contributed by atoms with van der Waals surface area (Å²) in [5.74, 6) is -2.90. The second-order valence-corrected chi connectivity index (χ2v) is 7.97. The number of hydrogen-bond donors (Lipinski definition) is 2. The third-order valence-corrected chi connectivity index (χ3v) is 5.86. The molecule has 0 saturated heterocycles. The Balaban J connectivity index is 1.46. The minimum absolute atomic E-state index is 0.0109. The van der Waals surface area contributed by atoms with Gasteiger partial charge in [-0.2, -0.15) is 0 Å². The Morgan fingerprint density at radius 3 is 2.12 bits per heavy atom. The molecule has 8 heteroatoms. The van der Waals surface area contributed by atoms with E-state index in [4.69, 9.17) is 4.74 Å². The number of halogens is 1. The standard InChI is InChI=1S/C26H23FN2O5/c1-29(23-13-7-6-12-21(23)27)25(32)22(14-24(30)31)28-26(33)34-15-20-18-10-4-2-8-16(18)17-9-3-5-11-19(17)20/h2-13,20,22H,14-15H2,1H3,(H,28,33)(H,30,31). The van der Waals surface area contributed by atoms with Crippen LogP contribution in [0.2, 0.25) is 0 Å². The molecule has 1 aliphatic rings. The SMILES string of the molecule is CN(C(=O)C(CC(=O)O)NC(=O)OCC1c2ccccc2-c2ccccc21)c1ccccc1F. The van der Waals surface area contributed by atoms with Gasteiger partial charge in [0.25, 0.3) is 0 Å². The van der Waals surface area contributed by atoms with E-state index in [1.54, 1.807) is 6.07 Å². The fourth-order valence-corrected chi connectivity index (χ4v) is 4.23. The van der Waals surface area contributed by atoms with Crippen LogP contribution in [0.15, 0.2) is 72.8 Å². The minimum atomic E-state index is -1.43. The Labute approximate surface area is 195 Å². The van der Waals surface area contributed by atoms with E-state index in [1.807, 2.05) is 48.5 Å². The van der Waals surface area contributed by atoms with E-state index >= 15 is 0 Å². The number of carboxylic acids is 1. The Morgan fingerprint density at radius 1 is 0.971 bits per heavy atom. The van der Waals surface area contributed by atoms with Gasteiger partial charge < -0.3 is 20.1 Å². The van der Waals surface area contributed by atoms with Crippen molar-refractivity contribution in [2.75, 3.05) is 18.6 Å². The summed E-state index contributed by atoms with van der Waals surface area (Å²) in [6.45, 7) is 0.0109. The average molecular weight is 462 g/mol. The molecule has 4 rings (SSSR count). The lowest BCUT2D eigenvalue weighted by atomic mass is 9.98. The fourth-order valence-electron chi connectivity index (χ4n) is 4.23. The third kappa shape index (κ3) is 4.61. The molecule has 0 radical (unpaired) electrons. The van der Waals surface area contributed by atoms with E-state index in [0.717, 1.165) is 27.2 Å². The molecule has 7 nitrogen and oxygen atoms in total. The topological polar surface area (TPSA) is 95.9 Å². The number of rotatable bonds is 7. The molecule has 34 heavy (non-hydrogen) atoms. The molecule has 0 bridgehead atoms. The second-order valence-electron chi connectivity index (χ2n) is 7.97. The molecule has 0 saturated carbocycles. The molecule has 0 spiro atoms. The molecule has 0 aliphatic heterocycles. The molecular weight excluding hydrogens is 439 g/mol.